The standard InChI is InChI=1S/C49H94N4O5/c1-41(2,3)37(54)47(19,50-44(10,11)12)30-26-23-24-28-32-48(51-45(13,14)15,38(55)42(4,5)6)31-27-22-20-21-25-29-35-58-40(57)53-34-33-49(36-53,52-46(16,17)18)39(56)43(7,8)9/h50-52H,20-36H2,1-19H3/t47-,48?,49+/m1/s1. The van der Waals surface area contributed by atoms with Crippen LogP contribution in [0.2, 0.25) is 0 Å². The summed E-state index contributed by atoms with van der Waals surface area (Å²) < 4.78 is 5.70. The zero-order valence-corrected chi connectivity index (χ0v) is 41.5. The lowest BCUT2D eigenvalue weighted by atomic mass is 9.71. The molecule has 0 spiro atoms. The van der Waals surface area contributed by atoms with Crippen LogP contribution in [0.5, 0.6) is 0 Å². The molecule has 3 N–H and O–H groups in total. The van der Waals surface area contributed by atoms with E-state index in [0.717, 1.165) is 83.5 Å². The van der Waals surface area contributed by atoms with Gasteiger partial charge in [-0.3, -0.25) is 19.7 Å². The normalized spacial score (nSPS) is 19.5. The van der Waals surface area contributed by atoms with Gasteiger partial charge in [-0.15, -0.1) is 0 Å². The molecule has 1 saturated heterocycles. The molecule has 1 fully saturated rings. The molecule has 1 rings (SSSR count). The smallest absolute Gasteiger partial charge is 0.409 e. The van der Waals surface area contributed by atoms with Crippen LogP contribution < -0.4 is 16.0 Å². The third-order valence-electron chi connectivity index (χ3n) is 11.1. The molecule has 0 aromatic carbocycles. The molecule has 1 aliphatic rings. The average Bonchev–Trinajstić information content (AvgIpc) is 3.44. The minimum atomic E-state index is -0.770. The van der Waals surface area contributed by atoms with Crippen LogP contribution in [0.3, 0.4) is 0 Å². The van der Waals surface area contributed by atoms with Crippen LogP contribution in [0.25, 0.3) is 0 Å². The molecule has 1 unspecified atom stereocenters. The number of ether oxygens (including phenoxy) is 1. The lowest BCUT2D eigenvalue weighted by molar-refractivity contribution is -0.135. The number of unbranched alkanes of at least 4 members (excludes halogenated alkanes) is 8. The van der Waals surface area contributed by atoms with Crippen LogP contribution in [0.15, 0.2) is 0 Å². The van der Waals surface area contributed by atoms with Crippen molar-refractivity contribution in [1.29, 1.82) is 0 Å². The molecule has 0 radical (unpaired) electrons. The van der Waals surface area contributed by atoms with Crippen molar-refractivity contribution in [3.05, 3.63) is 0 Å². The predicted octanol–water partition coefficient (Wildman–Crippen LogP) is 11.1. The maximum absolute atomic E-state index is 14.3. The predicted molar refractivity (Wildman–Crippen MR) is 243 cm³/mol. The van der Waals surface area contributed by atoms with Gasteiger partial charge in [0.1, 0.15) is 0 Å². The van der Waals surface area contributed by atoms with Crippen LogP contribution >= 0.6 is 0 Å². The third-order valence-corrected chi connectivity index (χ3v) is 11.1. The Morgan fingerprint density at radius 2 is 0.948 bits per heavy atom. The number of nitrogens with one attached hydrogen (secondary N) is 3. The first-order valence-corrected chi connectivity index (χ1v) is 22.9. The van der Waals surface area contributed by atoms with Crippen molar-refractivity contribution in [2.75, 3.05) is 19.7 Å². The van der Waals surface area contributed by atoms with Gasteiger partial charge in [0.05, 0.1) is 23.2 Å². The van der Waals surface area contributed by atoms with Crippen molar-refractivity contribution in [2.45, 2.75) is 255 Å². The van der Waals surface area contributed by atoms with Gasteiger partial charge < -0.3 is 20.3 Å². The summed E-state index contributed by atoms with van der Waals surface area (Å²) in [4.78, 5) is 56.1. The Morgan fingerprint density at radius 1 is 0.517 bits per heavy atom. The van der Waals surface area contributed by atoms with Crippen molar-refractivity contribution < 1.29 is 23.9 Å². The Hall–Kier alpha value is -1.84. The van der Waals surface area contributed by atoms with Gasteiger partial charge in [0, 0.05) is 46.0 Å². The molecule has 0 bridgehead atoms. The Morgan fingerprint density at radius 3 is 1.36 bits per heavy atom. The van der Waals surface area contributed by atoms with Gasteiger partial charge in [-0.05, 0) is 101 Å². The summed E-state index contributed by atoms with van der Waals surface area (Å²) in [7, 11) is 0. The minimum Gasteiger partial charge on any atom is -0.449 e. The van der Waals surface area contributed by atoms with Crippen molar-refractivity contribution >= 4 is 23.4 Å². The highest BCUT2D eigenvalue weighted by atomic mass is 16.6. The second kappa shape index (κ2) is 20.8. The zero-order chi connectivity index (χ0) is 45.2. The SMILES string of the molecule is CC(C)(C)NC(CCCCCCCCOC(=O)N1CC[C@@](NC(C)(C)C)(C(=O)C(C)(C)C)C1)(CCCCCC[C@@](C)(NC(C)(C)C)C(=O)C(C)(C)C)C(=O)C(C)(C)C. The highest BCUT2D eigenvalue weighted by molar-refractivity contribution is 5.94. The first-order chi connectivity index (χ1) is 26.0. The molecule has 9 nitrogen and oxygen atoms in total. The average molecular weight is 819 g/mol. The maximum atomic E-state index is 14.3. The number of Topliss-reactive ketones (excluding diaryl/α,β-unsaturated/α-hetero) is 3. The van der Waals surface area contributed by atoms with E-state index in [0.29, 0.717) is 31.9 Å². The lowest BCUT2D eigenvalue weighted by Gasteiger charge is -2.43. The molecular formula is C49H94N4O5. The van der Waals surface area contributed by atoms with Crippen LogP contribution in [0.4, 0.5) is 4.79 Å². The number of nitrogens with zero attached hydrogens (tertiary/aromatic N) is 1. The number of hydrogen-bond acceptors (Lipinski definition) is 8. The van der Waals surface area contributed by atoms with E-state index in [9.17, 15) is 19.2 Å². The summed E-state index contributed by atoms with van der Waals surface area (Å²) >= 11 is 0. The second-order valence-electron chi connectivity index (χ2n) is 24.4. The quantitative estimate of drug-likeness (QED) is 0.0925. The minimum absolute atomic E-state index is 0.133. The van der Waals surface area contributed by atoms with E-state index in [1.54, 1.807) is 4.90 Å². The van der Waals surface area contributed by atoms with E-state index in [1.807, 2.05) is 62.3 Å². The van der Waals surface area contributed by atoms with E-state index >= 15 is 0 Å². The molecule has 1 heterocycles. The summed E-state index contributed by atoms with van der Waals surface area (Å²) in [5.41, 5.74) is -4.00. The molecule has 0 aliphatic carbocycles. The van der Waals surface area contributed by atoms with Gasteiger partial charge in [0.25, 0.3) is 0 Å². The number of rotatable bonds is 22. The van der Waals surface area contributed by atoms with Gasteiger partial charge in [0.2, 0.25) is 0 Å². The molecule has 58 heavy (non-hydrogen) atoms. The molecule has 0 aromatic heterocycles. The summed E-state index contributed by atoms with van der Waals surface area (Å²) in [6, 6.07) is 0. The number of likely N-dealkylation sites (tertiary alicyclic amines) is 1. The zero-order valence-electron chi connectivity index (χ0n) is 41.5. The molecule has 0 saturated carbocycles. The molecular weight excluding hydrogens is 725 g/mol. The van der Waals surface area contributed by atoms with Gasteiger partial charge in [0.15, 0.2) is 17.3 Å². The van der Waals surface area contributed by atoms with Crippen molar-refractivity contribution in [3.63, 3.8) is 0 Å². The van der Waals surface area contributed by atoms with Gasteiger partial charge in [-0.2, -0.15) is 0 Å². The molecule has 1 aliphatic heterocycles. The second-order valence-corrected chi connectivity index (χ2v) is 24.4. The summed E-state index contributed by atoms with van der Waals surface area (Å²) in [5, 5.41) is 11.1. The van der Waals surface area contributed by atoms with Crippen LogP contribution in [0.1, 0.15) is 221 Å². The summed E-state index contributed by atoms with van der Waals surface area (Å²) in [5.74, 6) is 0.683. The fourth-order valence-electron chi connectivity index (χ4n) is 9.35. The van der Waals surface area contributed by atoms with E-state index in [2.05, 4.69) is 85.2 Å². The highest BCUT2D eigenvalue weighted by Gasteiger charge is 2.51. The fraction of sp³-hybridized carbons (Fsp3) is 0.918. The van der Waals surface area contributed by atoms with E-state index in [1.165, 1.54) is 0 Å². The lowest BCUT2D eigenvalue weighted by Crippen LogP contribution is -2.63. The number of hydrogen-bond donors (Lipinski definition) is 3. The maximum Gasteiger partial charge on any atom is 0.409 e. The number of ketones is 3. The largest absolute Gasteiger partial charge is 0.449 e. The highest BCUT2D eigenvalue weighted by Crippen LogP contribution is 2.36. The Labute approximate surface area is 357 Å². The molecule has 340 valence electrons. The number of carbonyl (C=O) groups is 4. The van der Waals surface area contributed by atoms with Gasteiger partial charge >= 0.3 is 6.09 Å². The Bertz CT molecular complexity index is 1330. The van der Waals surface area contributed by atoms with E-state index < -0.39 is 32.9 Å². The Balaban J connectivity index is 2.75. The topological polar surface area (TPSA) is 117 Å². The summed E-state index contributed by atoms with van der Waals surface area (Å²) in [6.07, 6.45) is 12.5. The van der Waals surface area contributed by atoms with Crippen molar-refractivity contribution in [2.24, 2.45) is 16.2 Å². The van der Waals surface area contributed by atoms with Crippen molar-refractivity contribution in [3.8, 4) is 0 Å². The van der Waals surface area contributed by atoms with E-state index in [-0.39, 0.29) is 34.3 Å². The summed E-state index contributed by atoms with van der Waals surface area (Å²) in [6.45, 7) is 40.3. The number of amides is 1. The monoisotopic (exact) mass is 819 g/mol. The Kier molecular flexibility index (Phi) is 19.4. The number of carbonyl (C=O) groups excluding carboxylic acids is 4. The molecule has 0 aromatic rings. The molecule has 1 amide bonds. The van der Waals surface area contributed by atoms with E-state index in [4.69, 9.17) is 4.74 Å². The van der Waals surface area contributed by atoms with Gasteiger partial charge in [-0.25, -0.2) is 4.79 Å². The van der Waals surface area contributed by atoms with Crippen LogP contribution in [0, 0.1) is 16.2 Å². The molecule has 9 heteroatoms. The fourth-order valence-corrected chi connectivity index (χ4v) is 9.35. The van der Waals surface area contributed by atoms with Crippen LogP contribution in [-0.2, 0) is 19.1 Å². The molecule has 3 atom stereocenters. The third kappa shape index (κ3) is 18.4. The first-order valence-electron chi connectivity index (χ1n) is 22.9. The van der Waals surface area contributed by atoms with Gasteiger partial charge in [-0.1, -0.05) is 120 Å². The van der Waals surface area contributed by atoms with Crippen molar-refractivity contribution in [1.82, 2.24) is 20.9 Å². The van der Waals surface area contributed by atoms with Crippen LogP contribution in [-0.4, -0.2) is 81.3 Å². The first kappa shape index (κ1) is 54.2.